The van der Waals surface area contributed by atoms with E-state index in [2.05, 4.69) is 20.1 Å². The number of nitrogens with zero attached hydrogens (tertiary/aromatic N) is 4. The average Bonchev–Trinajstić information content (AvgIpc) is 2.78. The number of benzene rings is 2. The molecule has 1 saturated heterocycles. The fourth-order valence-electron chi connectivity index (χ4n) is 3.62. The van der Waals surface area contributed by atoms with Crippen molar-refractivity contribution in [2.24, 2.45) is 4.99 Å². The summed E-state index contributed by atoms with van der Waals surface area (Å²) in [6.45, 7) is 4.07. The number of halogens is 2. The number of amides is 1. The molecule has 0 radical (unpaired) electrons. The highest BCUT2D eigenvalue weighted by Crippen LogP contribution is 2.20. The molecule has 1 fully saturated rings. The highest BCUT2D eigenvalue weighted by atomic mass is 127. The van der Waals surface area contributed by atoms with Crippen LogP contribution in [0.3, 0.4) is 0 Å². The first kappa shape index (κ1) is 24.9. The molecule has 0 aliphatic carbocycles. The van der Waals surface area contributed by atoms with Gasteiger partial charge in [0.15, 0.2) is 5.96 Å². The summed E-state index contributed by atoms with van der Waals surface area (Å²) in [5.74, 6) is 0.680. The zero-order valence-corrected chi connectivity index (χ0v) is 20.5. The van der Waals surface area contributed by atoms with Crippen LogP contribution in [-0.4, -0.2) is 68.5 Å². The van der Waals surface area contributed by atoms with Crippen molar-refractivity contribution in [2.45, 2.75) is 13.0 Å². The van der Waals surface area contributed by atoms with E-state index in [9.17, 15) is 9.18 Å². The minimum absolute atomic E-state index is 0. The third-order valence-electron chi connectivity index (χ3n) is 5.29. The van der Waals surface area contributed by atoms with Crippen LogP contribution < -0.4 is 10.2 Å². The lowest BCUT2D eigenvalue weighted by molar-refractivity contribution is -0.130. The standard InChI is InChI=1S/C23H30FN5O.HI/c1-25-23(26-13-12-22(30)27(2)18-19-8-4-3-5-9-19)29-16-14-28(15-17-29)21-11-7-6-10-20(21)24;/h3-11H,12-18H2,1-2H3,(H,25,26);1H. The molecular formula is C23H31FIN5O. The van der Waals surface area contributed by atoms with Crippen LogP contribution in [0.2, 0.25) is 0 Å². The van der Waals surface area contributed by atoms with Crippen molar-refractivity contribution < 1.29 is 9.18 Å². The van der Waals surface area contributed by atoms with Gasteiger partial charge in [-0.15, -0.1) is 24.0 Å². The summed E-state index contributed by atoms with van der Waals surface area (Å²) in [5, 5.41) is 3.29. The third-order valence-corrected chi connectivity index (χ3v) is 5.29. The first-order chi connectivity index (χ1) is 14.6. The van der Waals surface area contributed by atoms with Gasteiger partial charge in [0, 0.05) is 59.8 Å². The number of hydrogen-bond acceptors (Lipinski definition) is 3. The van der Waals surface area contributed by atoms with Gasteiger partial charge < -0.3 is 20.0 Å². The summed E-state index contributed by atoms with van der Waals surface area (Å²) in [6.07, 6.45) is 0.400. The summed E-state index contributed by atoms with van der Waals surface area (Å²) in [5.41, 5.74) is 1.76. The molecule has 0 aromatic heterocycles. The maximum atomic E-state index is 14.0. The van der Waals surface area contributed by atoms with Gasteiger partial charge in [-0.05, 0) is 17.7 Å². The molecule has 1 aliphatic heterocycles. The molecule has 2 aromatic rings. The zero-order chi connectivity index (χ0) is 21.3. The predicted molar refractivity (Wildman–Crippen MR) is 134 cm³/mol. The number of carbonyl (C=O) groups is 1. The number of aliphatic imine (C=N–C) groups is 1. The quantitative estimate of drug-likeness (QED) is 0.348. The largest absolute Gasteiger partial charge is 0.366 e. The maximum absolute atomic E-state index is 14.0. The number of guanidine groups is 1. The summed E-state index contributed by atoms with van der Waals surface area (Å²) >= 11 is 0. The van der Waals surface area contributed by atoms with Crippen LogP contribution in [-0.2, 0) is 11.3 Å². The van der Waals surface area contributed by atoms with Crippen LogP contribution in [0.4, 0.5) is 10.1 Å². The molecule has 0 bridgehead atoms. The fraction of sp³-hybridized carbons (Fsp3) is 0.391. The van der Waals surface area contributed by atoms with E-state index in [-0.39, 0.29) is 35.7 Å². The van der Waals surface area contributed by atoms with Gasteiger partial charge >= 0.3 is 0 Å². The lowest BCUT2D eigenvalue weighted by atomic mass is 10.2. The second-order valence-electron chi connectivity index (χ2n) is 7.38. The number of carbonyl (C=O) groups excluding carboxylic acids is 1. The molecule has 8 heteroatoms. The Morgan fingerprint density at radius 2 is 1.71 bits per heavy atom. The first-order valence-corrected chi connectivity index (χ1v) is 10.3. The van der Waals surface area contributed by atoms with Crippen molar-refractivity contribution in [3.05, 3.63) is 66.0 Å². The minimum Gasteiger partial charge on any atom is -0.366 e. The molecule has 1 N–H and O–H groups in total. The smallest absolute Gasteiger partial charge is 0.224 e. The Morgan fingerprint density at radius 1 is 1.06 bits per heavy atom. The summed E-state index contributed by atoms with van der Waals surface area (Å²) < 4.78 is 14.0. The topological polar surface area (TPSA) is 51.2 Å². The average molecular weight is 539 g/mol. The first-order valence-electron chi connectivity index (χ1n) is 10.3. The van der Waals surface area contributed by atoms with Crippen molar-refractivity contribution in [3.63, 3.8) is 0 Å². The van der Waals surface area contributed by atoms with Gasteiger partial charge in [-0.3, -0.25) is 9.79 Å². The van der Waals surface area contributed by atoms with Crippen molar-refractivity contribution >= 4 is 41.5 Å². The molecule has 31 heavy (non-hydrogen) atoms. The van der Waals surface area contributed by atoms with Crippen molar-refractivity contribution in [3.8, 4) is 0 Å². The van der Waals surface area contributed by atoms with Crippen LogP contribution in [0.15, 0.2) is 59.6 Å². The number of anilines is 1. The monoisotopic (exact) mass is 539 g/mol. The van der Waals surface area contributed by atoms with Crippen LogP contribution in [0.5, 0.6) is 0 Å². The fourth-order valence-corrected chi connectivity index (χ4v) is 3.62. The van der Waals surface area contributed by atoms with Crippen LogP contribution in [0, 0.1) is 5.82 Å². The molecule has 1 amide bonds. The SMILES string of the molecule is CN=C(NCCC(=O)N(C)Cc1ccccc1)N1CCN(c2ccccc2F)CC1.I. The predicted octanol–water partition coefficient (Wildman–Crippen LogP) is 3.19. The van der Waals surface area contributed by atoms with Gasteiger partial charge in [0.25, 0.3) is 0 Å². The van der Waals surface area contributed by atoms with Gasteiger partial charge in [0.2, 0.25) is 5.91 Å². The van der Waals surface area contributed by atoms with E-state index in [0.717, 1.165) is 37.7 Å². The van der Waals surface area contributed by atoms with Crippen LogP contribution in [0.25, 0.3) is 0 Å². The van der Waals surface area contributed by atoms with Crippen molar-refractivity contribution in [1.29, 1.82) is 0 Å². The number of piperazine rings is 1. The number of rotatable bonds is 6. The molecule has 0 saturated carbocycles. The molecular weight excluding hydrogens is 508 g/mol. The second kappa shape index (κ2) is 12.5. The Labute approximate surface area is 201 Å². The molecule has 1 heterocycles. The Bertz CT molecular complexity index is 856. The third kappa shape index (κ3) is 7.09. The second-order valence-corrected chi connectivity index (χ2v) is 7.38. The van der Waals surface area contributed by atoms with E-state index in [1.54, 1.807) is 18.0 Å². The van der Waals surface area contributed by atoms with E-state index in [4.69, 9.17) is 0 Å². The molecule has 0 atom stereocenters. The van der Waals surface area contributed by atoms with Gasteiger partial charge in [-0.1, -0.05) is 42.5 Å². The maximum Gasteiger partial charge on any atom is 0.224 e. The number of hydrogen-bond donors (Lipinski definition) is 1. The van der Waals surface area contributed by atoms with E-state index in [0.29, 0.717) is 25.2 Å². The number of para-hydroxylation sites is 1. The van der Waals surface area contributed by atoms with Crippen molar-refractivity contribution in [2.75, 3.05) is 51.7 Å². The van der Waals surface area contributed by atoms with Gasteiger partial charge in [-0.2, -0.15) is 0 Å². The van der Waals surface area contributed by atoms with Gasteiger partial charge in [0.1, 0.15) is 5.82 Å². The Balaban J connectivity index is 0.00000341. The highest BCUT2D eigenvalue weighted by molar-refractivity contribution is 14.0. The van der Waals surface area contributed by atoms with E-state index in [1.165, 1.54) is 6.07 Å². The molecule has 2 aromatic carbocycles. The van der Waals surface area contributed by atoms with E-state index >= 15 is 0 Å². The van der Waals surface area contributed by atoms with Gasteiger partial charge in [-0.25, -0.2) is 4.39 Å². The van der Waals surface area contributed by atoms with E-state index in [1.807, 2.05) is 49.5 Å². The Hall–Kier alpha value is -2.36. The molecule has 168 valence electrons. The lowest BCUT2D eigenvalue weighted by Gasteiger charge is -2.37. The van der Waals surface area contributed by atoms with Gasteiger partial charge in [0.05, 0.1) is 5.69 Å². The summed E-state index contributed by atoms with van der Waals surface area (Å²) in [4.78, 5) is 22.7. The molecule has 3 rings (SSSR count). The normalized spacial score (nSPS) is 14.1. The molecule has 0 unspecified atom stereocenters. The lowest BCUT2D eigenvalue weighted by Crippen LogP contribution is -2.53. The highest BCUT2D eigenvalue weighted by Gasteiger charge is 2.21. The summed E-state index contributed by atoms with van der Waals surface area (Å²) in [6, 6.07) is 16.8. The van der Waals surface area contributed by atoms with Crippen molar-refractivity contribution in [1.82, 2.24) is 15.1 Å². The molecule has 0 spiro atoms. The van der Waals surface area contributed by atoms with E-state index < -0.39 is 0 Å². The minimum atomic E-state index is -0.188. The molecule has 6 nitrogen and oxygen atoms in total. The Morgan fingerprint density at radius 3 is 2.35 bits per heavy atom. The zero-order valence-electron chi connectivity index (χ0n) is 18.1. The summed E-state index contributed by atoms with van der Waals surface area (Å²) in [7, 11) is 3.57. The van der Waals surface area contributed by atoms with Crippen LogP contribution in [0.1, 0.15) is 12.0 Å². The number of nitrogens with one attached hydrogen (secondary N) is 1. The Kier molecular flexibility index (Phi) is 10.0. The van der Waals surface area contributed by atoms with Crippen LogP contribution >= 0.6 is 24.0 Å². The molecule has 1 aliphatic rings.